The number of carbonyl (C=O) groups excluding carboxylic acids is 3. The lowest BCUT2D eigenvalue weighted by Gasteiger charge is -2.59. The van der Waals surface area contributed by atoms with E-state index in [9.17, 15) is 34.8 Å². The van der Waals surface area contributed by atoms with Gasteiger partial charge in [-0.3, -0.25) is 14.4 Å². The number of ketones is 3. The molecule has 4 atom stereocenters. The van der Waals surface area contributed by atoms with Gasteiger partial charge in [-0.2, -0.15) is 0 Å². The molecule has 0 aromatic heterocycles. The minimum Gasteiger partial charge on any atom is -0.508 e. The Bertz CT molecular complexity index is 1500. The second-order valence-corrected chi connectivity index (χ2v) is 12.9. The minimum absolute atomic E-state index is 0.0817. The molecule has 1 fully saturated rings. The molecule has 5 rings (SSSR count). The quantitative estimate of drug-likeness (QED) is 0.348. The molecule has 0 bridgehead atoms. The lowest BCUT2D eigenvalue weighted by atomic mass is 9.43. The predicted octanol–water partition coefficient (Wildman–Crippen LogP) is 5.70. The van der Waals surface area contributed by atoms with Gasteiger partial charge in [-0.15, -0.1) is 0 Å². The van der Waals surface area contributed by atoms with Crippen LogP contribution in [0.15, 0.2) is 46.8 Å². The lowest BCUT2D eigenvalue weighted by Crippen LogP contribution is -2.69. The summed E-state index contributed by atoms with van der Waals surface area (Å²) in [6.45, 7) is 10.3. The molecule has 1 aromatic rings. The topological polar surface area (TPSA) is 132 Å². The van der Waals surface area contributed by atoms with Crippen LogP contribution in [0, 0.1) is 22.7 Å². The first-order chi connectivity index (χ1) is 18.6. The molecule has 212 valence electrons. The molecule has 0 heterocycles. The number of phenols is 1. The van der Waals surface area contributed by atoms with E-state index in [4.69, 9.17) is 0 Å². The van der Waals surface area contributed by atoms with Crippen molar-refractivity contribution in [3.8, 4) is 5.75 Å². The molecular weight excluding hydrogens is 508 g/mol. The van der Waals surface area contributed by atoms with E-state index >= 15 is 0 Å². The maximum atomic E-state index is 14.4. The standard InChI is InChI=1S/C33H38O7/c1-7-8-18-9-10-19(13-18)20-11-12-22(35)24-21(20)14-31(5)15-32(6)25(16(2)3)27(36)23(17(4)34)29(38)33(32,40)30(39)26(31)28(24)37/h9-12,16,25,35,37-38,40H,7-8,13-15H2,1-6H3/t25?,31-,32-,33+/m1/s1. The van der Waals surface area contributed by atoms with Gasteiger partial charge in [0.05, 0.1) is 5.56 Å². The smallest absolute Gasteiger partial charge is 0.203 e. The molecule has 0 saturated heterocycles. The molecule has 4 aliphatic carbocycles. The van der Waals surface area contributed by atoms with Crippen molar-refractivity contribution in [1.82, 2.24) is 0 Å². The summed E-state index contributed by atoms with van der Waals surface area (Å²) in [6.07, 6.45) is 7.28. The molecule has 40 heavy (non-hydrogen) atoms. The maximum absolute atomic E-state index is 14.4. The van der Waals surface area contributed by atoms with E-state index in [1.807, 2.05) is 13.0 Å². The van der Waals surface area contributed by atoms with E-state index in [-0.39, 0.29) is 35.6 Å². The molecule has 4 N–H and O–H groups in total. The number of phenolic OH excluding ortho intramolecular Hbond substituents is 1. The second kappa shape index (κ2) is 9.03. The number of rotatable bonds is 5. The molecule has 1 aromatic carbocycles. The molecule has 0 radical (unpaired) electrons. The van der Waals surface area contributed by atoms with Crippen molar-refractivity contribution in [1.29, 1.82) is 0 Å². The average molecular weight is 547 g/mol. The third-order valence-corrected chi connectivity index (χ3v) is 9.74. The zero-order chi connectivity index (χ0) is 29.5. The van der Waals surface area contributed by atoms with Crippen molar-refractivity contribution < 1.29 is 34.8 Å². The van der Waals surface area contributed by atoms with Crippen LogP contribution in [0.1, 0.15) is 83.9 Å². The normalized spacial score (nSPS) is 31.6. The Balaban J connectivity index is 1.75. The summed E-state index contributed by atoms with van der Waals surface area (Å²) in [5.74, 6) is -5.14. The van der Waals surface area contributed by atoms with Crippen LogP contribution in [-0.2, 0) is 20.8 Å². The van der Waals surface area contributed by atoms with Crippen molar-refractivity contribution in [2.45, 2.75) is 79.2 Å². The van der Waals surface area contributed by atoms with Gasteiger partial charge in [0.25, 0.3) is 0 Å². The van der Waals surface area contributed by atoms with E-state index in [2.05, 4.69) is 19.1 Å². The zero-order valence-corrected chi connectivity index (χ0v) is 24.0. The average Bonchev–Trinajstić information content (AvgIpc) is 3.29. The number of fused-ring (bicyclic) bond motifs is 3. The monoisotopic (exact) mass is 546 g/mol. The molecule has 0 aliphatic heterocycles. The Morgan fingerprint density at radius 3 is 2.38 bits per heavy atom. The van der Waals surface area contributed by atoms with Gasteiger partial charge in [0, 0.05) is 22.3 Å². The van der Waals surface area contributed by atoms with Gasteiger partial charge >= 0.3 is 0 Å². The van der Waals surface area contributed by atoms with Crippen LogP contribution in [0.3, 0.4) is 0 Å². The van der Waals surface area contributed by atoms with Crippen LogP contribution in [0.25, 0.3) is 11.3 Å². The number of aliphatic hydroxyl groups excluding tert-OH is 2. The van der Waals surface area contributed by atoms with Gasteiger partial charge < -0.3 is 20.4 Å². The first-order valence-electron chi connectivity index (χ1n) is 14.1. The predicted molar refractivity (Wildman–Crippen MR) is 151 cm³/mol. The first kappa shape index (κ1) is 28.1. The van der Waals surface area contributed by atoms with Crippen LogP contribution in [0.4, 0.5) is 0 Å². The van der Waals surface area contributed by atoms with Gasteiger partial charge in [0.15, 0.2) is 17.2 Å². The van der Waals surface area contributed by atoms with Gasteiger partial charge in [-0.1, -0.05) is 64.8 Å². The summed E-state index contributed by atoms with van der Waals surface area (Å²) in [4.78, 5) is 40.5. The van der Waals surface area contributed by atoms with Crippen molar-refractivity contribution in [3.63, 3.8) is 0 Å². The highest BCUT2D eigenvalue weighted by atomic mass is 16.3. The largest absolute Gasteiger partial charge is 0.508 e. The Labute approximate surface area is 234 Å². The van der Waals surface area contributed by atoms with Crippen LogP contribution in [0.2, 0.25) is 0 Å². The first-order valence-corrected chi connectivity index (χ1v) is 14.1. The SMILES string of the molecule is CCCC1=CC=C(c2ccc(O)c3c2C[C@]2(C)C[C@]4(C)C(C(C)C)C(=O)C(C(C)=O)=C(O)[C@]4(O)C(=O)C2=C3O)C1. The van der Waals surface area contributed by atoms with Crippen molar-refractivity contribution in [3.05, 3.63) is 63.5 Å². The number of aliphatic hydroxyl groups is 3. The van der Waals surface area contributed by atoms with Crippen LogP contribution >= 0.6 is 0 Å². The van der Waals surface area contributed by atoms with E-state index < -0.39 is 56.8 Å². The highest BCUT2D eigenvalue weighted by Crippen LogP contribution is 2.65. The number of hydrogen-bond donors (Lipinski definition) is 4. The Kier molecular flexibility index (Phi) is 6.34. The third-order valence-electron chi connectivity index (χ3n) is 9.74. The van der Waals surface area contributed by atoms with Crippen LogP contribution < -0.4 is 0 Å². The molecule has 7 heteroatoms. The van der Waals surface area contributed by atoms with Crippen LogP contribution in [-0.4, -0.2) is 43.4 Å². The summed E-state index contributed by atoms with van der Waals surface area (Å²) in [6, 6.07) is 3.33. The van der Waals surface area contributed by atoms with Gasteiger partial charge in [0.2, 0.25) is 5.78 Å². The Morgan fingerprint density at radius 2 is 1.77 bits per heavy atom. The number of carbonyl (C=O) groups is 3. The molecule has 7 nitrogen and oxygen atoms in total. The van der Waals surface area contributed by atoms with E-state index in [1.54, 1.807) is 20.8 Å². The third kappa shape index (κ3) is 3.49. The number of hydrogen-bond acceptors (Lipinski definition) is 7. The number of allylic oxidation sites excluding steroid dienone is 5. The highest BCUT2D eigenvalue weighted by Gasteiger charge is 2.72. The van der Waals surface area contributed by atoms with Crippen molar-refractivity contribution in [2.75, 3.05) is 0 Å². The summed E-state index contributed by atoms with van der Waals surface area (Å²) in [5, 5.41) is 46.0. The molecule has 4 aliphatic rings. The van der Waals surface area contributed by atoms with Crippen LogP contribution in [0.5, 0.6) is 5.75 Å². The fourth-order valence-electron chi connectivity index (χ4n) is 8.28. The molecular formula is C33H38O7. The van der Waals surface area contributed by atoms with E-state index in [1.165, 1.54) is 11.6 Å². The number of Topliss-reactive ketones (excluding diaryl/α,β-unsaturated/α-hetero) is 3. The molecule has 0 amide bonds. The Hall–Kier alpha value is -3.45. The number of benzene rings is 1. The maximum Gasteiger partial charge on any atom is 0.203 e. The lowest BCUT2D eigenvalue weighted by molar-refractivity contribution is -0.178. The summed E-state index contributed by atoms with van der Waals surface area (Å²) >= 11 is 0. The van der Waals surface area contributed by atoms with Gasteiger partial charge in [-0.05, 0) is 61.3 Å². The number of aromatic hydroxyl groups is 1. The van der Waals surface area contributed by atoms with Gasteiger partial charge in [0.1, 0.15) is 22.8 Å². The molecule has 1 saturated carbocycles. The minimum atomic E-state index is -2.60. The van der Waals surface area contributed by atoms with Gasteiger partial charge in [-0.25, -0.2) is 0 Å². The summed E-state index contributed by atoms with van der Waals surface area (Å²) < 4.78 is 0. The van der Waals surface area contributed by atoms with Crippen molar-refractivity contribution >= 4 is 28.7 Å². The Morgan fingerprint density at radius 1 is 1.10 bits per heavy atom. The molecule has 0 spiro atoms. The zero-order valence-electron chi connectivity index (χ0n) is 24.0. The fourth-order valence-corrected chi connectivity index (χ4v) is 8.28. The van der Waals surface area contributed by atoms with E-state index in [0.717, 1.165) is 37.3 Å². The highest BCUT2D eigenvalue weighted by molar-refractivity contribution is 6.24. The fraction of sp³-hybridized carbons (Fsp3) is 0.485. The van der Waals surface area contributed by atoms with Crippen molar-refractivity contribution in [2.24, 2.45) is 22.7 Å². The summed E-state index contributed by atoms with van der Waals surface area (Å²) in [5.41, 5.74) is -1.69. The van der Waals surface area contributed by atoms with E-state index in [0.29, 0.717) is 5.56 Å². The summed E-state index contributed by atoms with van der Waals surface area (Å²) in [7, 11) is 0. The molecule has 1 unspecified atom stereocenters. The second-order valence-electron chi connectivity index (χ2n) is 12.9.